The summed E-state index contributed by atoms with van der Waals surface area (Å²) >= 11 is 12.1. The molecule has 0 atom stereocenters. The maximum Gasteiger partial charge on any atom is 0.338 e. The van der Waals surface area contributed by atoms with Crippen LogP contribution in [0.4, 0.5) is 10.5 Å². The van der Waals surface area contributed by atoms with Crippen molar-refractivity contribution in [2.45, 2.75) is 6.61 Å². The van der Waals surface area contributed by atoms with Gasteiger partial charge in [0, 0.05) is 5.02 Å². The number of urea groups is 1. The van der Waals surface area contributed by atoms with E-state index in [0.717, 1.165) is 10.6 Å². The van der Waals surface area contributed by atoms with Gasteiger partial charge in [0.15, 0.2) is 0 Å². The van der Waals surface area contributed by atoms with Crippen LogP contribution in [0.3, 0.4) is 0 Å². The van der Waals surface area contributed by atoms with Crippen LogP contribution >= 0.6 is 23.2 Å². The maximum atomic E-state index is 12.6. The molecule has 0 saturated carbocycles. The first-order valence-corrected chi connectivity index (χ1v) is 9.32. The molecule has 0 heterocycles. The van der Waals surface area contributed by atoms with E-state index in [1.54, 1.807) is 30.3 Å². The number of rotatable bonds is 5. The first-order valence-electron chi connectivity index (χ1n) is 8.56. The number of amides is 3. The van der Waals surface area contributed by atoms with Crippen molar-refractivity contribution >= 4 is 40.8 Å². The van der Waals surface area contributed by atoms with Gasteiger partial charge in [0.1, 0.15) is 12.4 Å². The second kappa shape index (κ2) is 9.32. The first kappa shape index (κ1) is 20.5. The van der Waals surface area contributed by atoms with Gasteiger partial charge in [-0.1, -0.05) is 53.5 Å². The molecule has 3 rings (SSSR count). The third-order valence-corrected chi connectivity index (χ3v) is 4.52. The number of benzene rings is 3. The zero-order valence-corrected chi connectivity index (χ0v) is 16.7. The fraction of sp³-hybridized carbons (Fsp3) is 0.0476. The molecule has 3 aromatic carbocycles. The van der Waals surface area contributed by atoms with E-state index >= 15 is 0 Å². The van der Waals surface area contributed by atoms with Crippen LogP contribution in [-0.4, -0.2) is 11.9 Å². The van der Waals surface area contributed by atoms with Crippen LogP contribution < -0.4 is 20.9 Å². The Labute approximate surface area is 177 Å². The van der Waals surface area contributed by atoms with E-state index in [2.05, 4.69) is 5.43 Å². The van der Waals surface area contributed by atoms with E-state index in [-0.39, 0.29) is 10.6 Å². The average molecular weight is 430 g/mol. The minimum absolute atomic E-state index is 0.166. The summed E-state index contributed by atoms with van der Waals surface area (Å²) < 4.78 is 5.69. The Morgan fingerprint density at radius 1 is 0.966 bits per heavy atom. The number of hydrogen-bond donors (Lipinski definition) is 2. The number of nitrogens with zero attached hydrogens (tertiary/aromatic N) is 1. The second-order valence-corrected chi connectivity index (χ2v) is 6.85. The zero-order valence-electron chi connectivity index (χ0n) is 15.1. The van der Waals surface area contributed by atoms with Crippen LogP contribution in [-0.2, 0) is 6.61 Å². The molecule has 148 valence electrons. The summed E-state index contributed by atoms with van der Waals surface area (Å²) in [5, 5.41) is 1.57. The van der Waals surface area contributed by atoms with Crippen molar-refractivity contribution in [1.29, 1.82) is 0 Å². The van der Waals surface area contributed by atoms with Gasteiger partial charge < -0.3 is 10.5 Å². The van der Waals surface area contributed by atoms with Crippen molar-refractivity contribution in [1.82, 2.24) is 5.43 Å². The maximum absolute atomic E-state index is 12.6. The Morgan fingerprint density at radius 3 is 2.28 bits per heavy atom. The van der Waals surface area contributed by atoms with E-state index in [4.69, 9.17) is 33.7 Å². The fourth-order valence-electron chi connectivity index (χ4n) is 2.51. The van der Waals surface area contributed by atoms with Gasteiger partial charge in [0.25, 0.3) is 5.91 Å². The van der Waals surface area contributed by atoms with E-state index in [0.29, 0.717) is 23.1 Å². The highest BCUT2D eigenvalue weighted by atomic mass is 35.5. The van der Waals surface area contributed by atoms with Crippen LogP contribution in [0, 0.1) is 0 Å². The summed E-state index contributed by atoms with van der Waals surface area (Å²) in [7, 11) is 0. The molecule has 0 aliphatic rings. The molecular formula is C21H17Cl2N3O3. The second-order valence-electron chi connectivity index (χ2n) is 6.01. The highest BCUT2D eigenvalue weighted by Crippen LogP contribution is 2.24. The summed E-state index contributed by atoms with van der Waals surface area (Å²) in [6.45, 7) is 0.370. The molecule has 0 bridgehead atoms. The van der Waals surface area contributed by atoms with Crippen molar-refractivity contribution in [3.8, 4) is 5.75 Å². The van der Waals surface area contributed by atoms with Gasteiger partial charge in [0.2, 0.25) is 0 Å². The lowest BCUT2D eigenvalue weighted by atomic mass is 10.2. The Kier molecular flexibility index (Phi) is 6.59. The fourth-order valence-corrected chi connectivity index (χ4v) is 2.89. The van der Waals surface area contributed by atoms with Crippen LogP contribution in [0.2, 0.25) is 10.0 Å². The van der Waals surface area contributed by atoms with Crippen molar-refractivity contribution in [3.63, 3.8) is 0 Å². The molecule has 0 unspecified atom stereocenters. The molecule has 6 nitrogen and oxygen atoms in total. The van der Waals surface area contributed by atoms with Crippen LogP contribution in [0.1, 0.15) is 15.9 Å². The Bertz CT molecular complexity index is 1010. The van der Waals surface area contributed by atoms with Gasteiger partial charge in [-0.25, -0.2) is 9.80 Å². The molecule has 29 heavy (non-hydrogen) atoms. The van der Waals surface area contributed by atoms with Gasteiger partial charge in [-0.3, -0.25) is 10.2 Å². The SMILES string of the molecule is NC(=O)N(NC(=O)c1ccc(OCc2ccccc2)cc1Cl)c1ccc(Cl)cc1. The average Bonchev–Trinajstić information content (AvgIpc) is 2.72. The topological polar surface area (TPSA) is 84.7 Å². The van der Waals surface area contributed by atoms with Gasteiger partial charge in [-0.2, -0.15) is 0 Å². The van der Waals surface area contributed by atoms with Crippen molar-refractivity contribution in [2.24, 2.45) is 5.73 Å². The summed E-state index contributed by atoms with van der Waals surface area (Å²) in [6.07, 6.45) is 0. The Hall–Kier alpha value is -3.22. The lowest BCUT2D eigenvalue weighted by Crippen LogP contribution is -2.49. The van der Waals surface area contributed by atoms with Gasteiger partial charge in [-0.15, -0.1) is 0 Å². The van der Waals surface area contributed by atoms with Gasteiger partial charge >= 0.3 is 6.03 Å². The quantitative estimate of drug-likeness (QED) is 0.571. The lowest BCUT2D eigenvalue weighted by Gasteiger charge is -2.21. The van der Waals surface area contributed by atoms with Crippen LogP contribution in [0.5, 0.6) is 5.75 Å². The molecular weight excluding hydrogens is 413 g/mol. The predicted molar refractivity (Wildman–Crippen MR) is 113 cm³/mol. The number of carbonyl (C=O) groups is 2. The summed E-state index contributed by atoms with van der Waals surface area (Å²) in [5.41, 5.74) is 9.34. The molecule has 0 fully saturated rings. The zero-order chi connectivity index (χ0) is 20.8. The molecule has 0 radical (unpaired) electrons. The lowest BCUT2D eigenvalue weighted by molar-refractivity contribution is 0.0951. The van der Waals surface area contributed by atoms with Crippen LogP contribution in [0.25, 0.3) is 0 Å². The van der Waals surface area contributed by atoms with Gasteiger partial charge in [0.05, 0.1) is 16.3 Å². The number of hydrogen-bond acceptors (Lipinski definition) is 3. The van der Waals surface area contributed by atoms with E-state index < -0.39 is 11.9 Å². The number of hydrazine groups is 1. The third-order valence-electron chi connectivity index (χ3n) is 3.95. The van der Waals surface area contributed by atoms with E-state index in [1.807, 2.05) is 30.3 Å². The summed E-state index contributed by atoms with van der Waals surface area (Å²) in [6, 6.07) is 19.7. The number of anilines is 1. The number of nitrogens with two attached hydrogens (primary N) is 1. The standard InChI is InChI=1S/C21H17Cl2N3O3/c22-15-6-8-16(9-7-15)26(21(24)28)25-20(27)18-11-10-17(12-19(18)23)29-13-14-4-2-1-3-5-14/h1-12H,13H2,(H2,24,28)(H,25,27). The minimum atomic E-state index is -0.861. The Balaban J connectivity index is 1.71. The molecule has 3 aromatic rings. The van der Waals surface area contributed by atoms with Crippen LogP contribution in [0.15, 0.2) is 72.8 Å². The molecule has 3 N–H and O–H groups in total. The number of ether oxygens (including phenoxy) is 1. The van der Waals surface area contributed by atoms with E-state index in [1.165, 1.54) is 12.1 Å². The molecule has 0 spiro atoms. The summed E-state index contributed by atoms with van der Waals surface area (Å²) in [5.74, 6) is -0.0850. The third kappa shape index (κ3) is 5.40. The predicted octanol–water partition coefficient (Wildman–Crippen LogP) is 4.80. The van der Waals surface area contributed by atoms with Crippen molar-refractivity contribution < 1.29 is 14.3 Å². The number of nitrogens with one attached hydrogen (secondary N) is 1. The molecule has 0 aliphatic carbocycles. The molecule has 0 saturated heterocycles. The minimum Gasteiger partial charge on any atom is -0.489 e. The molecule has 8 heteroatoms. The largest absolute Gasteiger partial charge is 0.489 e. The normalized spacial score (nSPS) is 10.3. The number of carbonyl (C=O) groups excluding carboxylic acids is 2. The Morgan fingerprint density at radius 2 is 1.66 bits per heavy atom. The molecule has 0 aliphatic heterocycles. The smallest absolute Gasteiger partial charge is 0.338 e. The molecule has 0 aromatic heterocycles. The van der Waals surface area contributed by atoms with Gasteiger partial charge in [-0.05, 0) is 48.0 Å². The molecule has 3 amide bonds. The highest BCUT2D eigenvalue weighted by Gasteiger charge is 2.19. The number of primary amides is 1. The first-order chi connectivity index (χ1) is 13.9. The summed E-state index contributed by atoms with van der Waals surface area (Å²) in [4.78, 5) is 24.4. The van der Waals surface area contributed by atoms with Crippen molar-refractivity contribution in [3.05, 3.63) is 94.0 Å². The van der Waals surface area contributed by atoms with Crippen molar-refractivity contribution in [2.75, 3.05) is 5.01 Å². The monoisotopic (exact) mass is 429 g/mol. The number of halogens is 2. The van der Waals surface area contributed by atoms with E-state index in [9.17, 15) is 9.59 Å². The highest BCUT2D eigenvalue weighted by molar-refractivity contribution is 6.34.